The standard InChI is InChI=1S/C32H32N2O5S/c1-34-31(37)29(40-32(34)33-25-13-7-23(8-14-25)20-30(35)36)19-22-9-15-26(16-10-22)38-21-24-11-17-28(18-12-24)39-27-5-3-2-4-6-27/h7-19,27H,2-6,20-21H2,1H3,(H,35,36)/b29-19-,33-32+. The second-order valence-corrected chi connectivity index (χ2v) is 11.0. The van der Waals surface area contributed by atoms with Crippen molar-refractivity contribution in [2.45, 2.75) is 51.2 Å². The topological polar surface area (TPSA) is 88.4 Å². The molecule has 2 aliphatic rings. The van der Waals surface area contributed by atoms with E-state index in [9.17, 15) is 9.59 Å². The number of nitrogens with zero attached hydrogens (tertiary/aromatic N) is 2. The monoisotopic (exact) mass is 556 g/mol. The van der Waals surface area contributed by atoms with Crippen LogP contribution in [0.25, 0.3) is 6.08 Å². The molecule has 1 aliphatic carbocycles. The Hall–Kier alpha value is -4.04. The van der Waals surface area contributed by atoms with Crippen LogP contribution in [0.4, 0.5) is 5.69 Å². The van der Waals surface area contributed by atoms with Gasteiger partial charge < -0.3 is 14.6 Å². The summed E-state index contributed by atoms with van der Waals surface area (Å²) in [6.45, 7) is 0.459. The summed E-state index contributed by atoms with van der Waals surface area (Å²) in [5.41, 5.74) is 3.32. The van der Waals surface area contributed by atoms with Crippen LogP contribution >= 0.6 is 11.8 Å². The molecule has 5 rings (SSSR count). The molecule has 0 atom stereocenters. The van der Waals surface area contributed by atoms with E-state index in [1.807, 2.05) is 54.6 Å². The van der Waals surface area contributed by atoms with Crippen molar-refractivity contribution >= 4 is 40.6 Å². The highest BCUT2D eigenvalue weighted by Gasteiger charge is 2.30. The fourth-order valence-corrected chi connectivity index (χ4v) is 5.63. The highest BCUT2D eigenvalue weighted by atomic mass is 32.2. The smallest absolute Gasteiger partial charge is 0.307 e. The number of carbonyl (C=O) groups is 2. The summed E-state index contributed by atoms with van der Waals surface area (Å²) in [6, 6.07) is 22.7. The van der Waals surface area contributed by atoms with Crippen molar-refractivity contribution in [1.29, 1.82) is 0 Å². The number of likely N-dealkylation sites (N-methyl/N-ethyl adjacent to an activating group) is 1. The quantitative estimate of drug-likeness (QED) is 0.291. The molecule has 8 heteroatoms. The summed E-state index contributed by atoms with van der Waals surface area (Å²) >= 11 is 1.31. The number of thioether (sulfide) groups is 1. The number of hydrogen-bond acceptors (Lipinski definition) is 6. The van der Waals surface area contributed by atoms with E-state index in [4.69, 9.17) is 14.6 Å². The molecule has 3 aromatic rings. The van der Waals surface area contributed by atoms with Crippen LogP contribution in [0, 0.1) is 0 Å². The highest BCUT2D eigenvalue weighted by molar-refractivity contribution is 8.18. The molecule has 40 heavy (non-hydrogen) atoms. The van der Waals surface area contributed by atoms with Crippen molar-refractivity contribution in [3.8, 4) is 11.5 Å². The fraction of sp³-hybridized carbons (Fsp3) is 0.281. The van der Waals surface area contributed by atoms with E-state index in [0.717, 1.165) is 35.5 Å². The van der Waals surface area contributed by atoms with Crippen LogP contribution in [-0.4, -0.2) is 40.2 Å². The van der Waals surface area contributed by atoms with Gasteiger partial charge in [-0.25, -0.2) is 4.99 Å². The molecule has 1 saturated carbocycles. The number of aliphatic carboxylic acids is 1. The number of benzene rings is 3. The molecule has 3 aromatic carbocycles. The molecule has 1 amide bonds. The molecule has 1 N–H and O–H groups in total. The van der Waals surface area contributed by atoms with Crippen LogP contribution in [0.15, 0.2) is 82.7 Å². The Labute approximate surface area is 238 Å². The van der Waals surface area contributed by atoms with Crippen molar-refractivity contribution in [2.75, 3.05) is 7.05 Å². The Morgan fingerprint density at radius 1 is 0.950 bits per heavy atom. The van der Waals surface area contributed by atoms with Crippen LogP contribution in [0.1, 0.15) is 48.8 Å². The Bertz CT molecular complexity index is 1390. The van der Waals surface area contributed by atoms with Crippen LogP contribution < -0.4 is 9.47 Å². The molecule has 1 heterocycles. The van der Waals surface area contributed by atoms with Gasteiger partial charge in [-0.2, -0.15) is 0 Å². The second-order valence-electron chi connectivity index (χ2n) is 9.99. The van der Waals surface area contributed by atoms with Gasteiger partial charge in [0, 0.05) is 7.05 Å². The van der Waals surface area contributed by atoms with Gasteiger partial charge in [0.05, 0.1) is 23.1 Å². The van der Waals surface area contributed by atoms with Gasteiger partial charge in [-0.05, 0) is 96.6 Å². The van der Waals surface area contributed by atoms with Crippen LogP contribution in [0.3, 0.4) is 0 Å². The molecule has 7 nitrogen and oxygen atoms in total. The Morgan fingerprint density at radius 2 is 1.60 bits per heavy atom. The molecule has 1 saturated heterocycles. The van der Waals surface area contributed by atoms with Gasteiger partial charge in [0.25, 0.3) is 5.91 Å². The van der Waals surface area contributed by atoms with Gasteiger partial charge in [-0.1, -0.05) is 42.8 Å². The minimum absolute atomic E-state index is 0.0381. The predicted molar refractivity (Wildman–Crippen MR) is 158 cm³/mol. The maximum atomic E-state index is 12.8. The zero-order chi connectivity index (χ0) is 27.9. The van der Waals surface area contributed by atoms with Crippen LogP contribution in [0.2, 0.25) is 0 Å². The van der Waals surface area contributed by atoms with E-state index in [1.54, 1.807) is 31.3 Å². The van der Waals surface area contributed by atoms with Crippen molar-refractivity contribution in [3.63, 3.8) is 0 Å². The molecule has 1 aliphatic heterocycles. The average molecular weight is 557 g/mol. The molecule has 0 aromatic heterocycles. The van der Waals surface area contributed by atoms with E-state index in [0.29, 0.717) is 34.0 Å². The van der Waals surface area contributed by atoms with E-state index < -0.39 is 5.97 Å². The first-order chi connectivity index (χ1) is 19.4. The lowest BCUT2D eigenvalue weighted by Gasteiger charge is -2.23. The molecule has 2 fully saturated rings. The number of ether oxygens (including phenoxy) is 2. The lowest BCUT2D eigenvalue weighted by Crippen LogP contribution is -2.23. The Balaban J connectivity index is 1.16. The van der Waals surface area contributed by atoms with E-state index in [2.05, 4.69) is 4.99 Å². The van der Waals surface area contributed by atoms with Gasteiger partial charge in [0.2, 0.25) is 0 Å². The number of carboxylic acid groups (broad SMARTS) is 1. The summed E-state index contributed by atoms with van der Waals surface area (Å²) in [5, 5.41) is 9.50. The van der Waals surface area contributed by atoms with Crippen LogP contribution in [-0.2, 0) is 22.6 Å². The lowest BCUT2D eigenvalue weighted by molar-refractivity contribution is -0.136. The Morgan fingerprint density at radius 3 is 2.27 bits per heavy atom. The zero-order valence-corrected chi connectivity index (χ0v) is 23.2. The first-order valence-electron chi connectivity index (χ1n) is 13.5. The number of rotatable bonds is 9. The average Bonchev–Trinajstić information content (AvgIpc) is 3.22. The number of aliphatic imine (C=N–C) groups is 1. The zero-order valence-electron chi connectivity index (χ0n) is 22.4. The summed E-state index contributed by atoms with van der Waals surface area (Å²) in [7, 11) is 1.69. The number of hydrogen-bond donors (Lipinski definition) is 1. The summed E-state index contributed by atoms with van der Waals surface area (Å²) in [4.78, 5) is 30.3. The van der Waals surface area contributed by atoms with Crippen LogP contribution in [0.5, 0.6) is 11.5 Å². The van der Waals surface area contributed by atoms with Gasteiger partial charge in [0.15, 0.2) is 5.17 Å². The van der Waals surface area contributed by atoms with E-state index in [-0.39, 0.29) is 12.3 Å². The molecule has 0 unspecified atom stereocenters. The number of carbonyl (C=O) groups excluding carboxylic acids is 1. The third-order valence-electron chi connectivity index (χ3n) is 6.88. The first kappa shape index (κ1) is 27.5. The number of carboxylic acids is 1. The minimum Gasteiger partial charge on any atom is -0.490 e. The molecular weight excluding hydrogens is 524 g/mol. The predicted octanol–water partition coefficient (Wildman–Crippen LogP) is 6.84. The summed E-state index contributed by atoms with van der Waals surface area (Å²) < 4.78 is 12.1. The van der Waals surface area contributed by atoms with Gasteiger partial charge >= 0.3 is 5.97 Å². The molecular formula is C32H32N2O5S. The number of amides is 1. The van der Waals surface area contributed by atoms with Gasteiger partial charge in [-0.15, -0.1) is 0 Å². The lowest BCUT2D eigenvalue weighted by atomic mass is 9.98. The molecule has 0 spiro atoms. The highest BCUT2D eigenvalue weighted by Crippen LogP contribution is 2.33. The molecule has 0 bridgehead atoms. The summed E-state index contributed by atoms with van der Waals surface area (Å²) in [6.07, 6.45) is 8.24. The molecule has 0 radical (unpaired) electrons. The van der Waals surface area contributed by atoms with E-state index >= 15 is 0 Å². The van der Waals surface area contributed by atoms with Gasteiger partial charge in [0.1, 0.15) is 18.1 Å². The second kappa shape index (κ2) is 12.9. The third kappa shape index (κ3) is 7.33. The maximum absolute atomic E-state index is 12.8. The van der Waals surface area contributed by atoms with Crippen molar-refractivity contribution in [2.24, 2.45) is 4.99 Å². The minimum atomic E-state index is -0.879. The van der Waals surface area contributed by atoms with Gasteiger partial charge in [-0.3, -0.25) is 14.5 Å². The van der Waals surface area contributed by atoms with Crippen molar-refractivity contribution in [3.05, 3.63) is 94.4 Å². The SMILES string of the molecule is CN1C(=O)/C(=C/c2ccc(OCc3ccc(OC4CCCCC4)cc3)cc2)S/C1=N/c1ccc(CC(=O)O)cc1. The largest absolute Gasteiger partial charge is 0.490 e. The Kier molecular flexibility index (Phi) is 8.86. The first-order valence-corrected chi connectivity index (χ1v) is 14.3. The number of amidine groups is 1. The third-order valence-corrected chi connectivity index (χ3v) is 7.94. The maximum Gasteiger partial charge on any atom is 0.307 e. The van der Waals surface area contributed by atoms with Crippen molar-refractivity contribution in [1.82, 2.24) is 4.90 Å². The fourth-order valence-electron chi connectivity index (χ4n) is 4.64. The van der Waals surface area contributed by atoms with E-state index in [1.165, 1.54) is 35.9 Å². The molecule has 206 valence electrons. The summed E-state index contributed by atoms with van der Waals surface area (Å²) in [5.74, 6) is 0.665. The van der Waals surface area contributed by atoms with Crippen molar-refractivity contribution < 1.29 is 24.2 Å². The normalized spacial score (nSPS) is 17.9.